The van der Waals surface area contributed by atoms with E-state index >= 15 is 0 Å². The van der Waals surface area contributed by atoms with E-state index in [0.29, 0.717) is 23.1 Å². The summed E-state index contributed by atoms with van der Waals surface area (Å²) < 4.78 is 3.82. The number of fused-ring (bicyclic) bond motifs is 1. The molecule has 3 N–H and O–H groups in total. The van der Waals surface area contributed by atoms with Crippen LogP contribution in [0.15, 0.2) is 77.6 Å². The highest BCUT2D eigenvalue weighted by Crippen LogP contribution is 2.32. The SMILES string of the molecule is C[C@H](NC(=O)c1ccc2c(c1)c(=O)n(-c1ccccc1)n2C1CCCCC1)C(=O)Nc1ccc(CCC(=O)O)cc1. The summed E-state index contributed by atoms with van der Waals surface area (Å²) in [5.74, 6) is -1.71. The van der Waals surface area contributed by atoms with Crippen LogP contribution in [0.3, 0.4) is 0 Å². The average molecular weight is 555 g/mol. The molecular weight excluding hydrogens is 520 g/mol. The zero-order chi connectivity index (χ0) is 28.9. The fourth-order valence-electron chi connectivity index (χ4n) is 5.47. The van der Waals surface area contributed by atoms with Gasteiger partial charge in [0.1, 0.15) is 6.04 Å². The molecule has 1 saturated carbocycles. The van der Waals surface area contributed by atoms with E-state index in [4.69, 9.17) is 5.11 Å². The summed E-state index contributed by atoms with van der Waals surface area (Å²) in [7, 11) is 0. The summed E-state index contributed by atoms with van der Waals surface area (Å²) in [5.41, 5.74) is 3.10. The fourth-order valence-corrected chi connectivity index (χ4v) is 5.47. The normalized spacial score (nSPS) is 14.5. The van der Waals surface area contributed by atoms with E-state index in [1.165, 1.54) is 6.42 Å². The molecule has 0 spiro atoms. The van der Waals surface area contributed by atoms with Crippen molar-refractivity contribution >= 4 is 34.4 Å². The second kappa shape index (κ2) is 12.2. The van der Waals surface area contributed by atoms with E-state index in [9.17, 15) is 19.2 Å². The number of amides is 2. The minimum atomic E-state index is -0.866. The van der Waals surface area contributed by atoms with Crippen LogP contribution >= 0.6 is 0 Å². The predicted octanol–water partition coefficient (Wildman–Crippen LogP) is 5.07. The van der Waals surface area contributed by atoms with Crippen molar-refractivity contribution in [2.45, 2.75) is 64.0 Å². The van der Waals surface area contributed by atoms with E-state index in [1.54, 1.807) is 48.0 Å². The van der Waals surface area contributed by atoms with E-state index in [-0.39, 0.29) is 18.0 Å². The van der Waals surface area contributed by atoms with E-state index in [2.05, 4.69) is 15.3 Å². The number of carbonyl (C=O) groups excluding carboxylic acids is 2. The van der Waals surface area contributed by atoms with Gasteiger partial charge in [-0.05, 0) is 74.2 Å². The van der Waals surface area contributed by atoms with Crippen LogP contribution in [-0.2, 0) is 16.0 Å². The highest BCUT2D eigenvalue weighted by atomic mass is 16.4. The van der Waals surface area contributed by atoms with Crippen LogP contribution in [0.1, 0.15) is 67.4 Å². The Morgan fingerprint density at radius 1 is 0.951 bits per heavy atom. The quantitative estimate of drug-likeness (QED) is 0.267. The smallest absolute Gasteiger partial charge is 0.303 e. The highest BCUT2D eigenvalue weighted by Gasteiger charge is 2.25. The van der Waals surface area contributed by atoms with Gasteiger partial charge in [-0.15, -0.1) is 0 Å². The Bertz CT molecular complexity index is 1620. The molecule has 1 fully saturated rings. The summed E-state index contributed by atoms with van der Waals surface area (Å²) in [4.78, 5) is 50.4. The number of nitrogens with one attached hydrogen (secondary N) is 2. The second-order valence-corrected chi connectivity index (χ2v) is 10.6. The van der Waals surface area contributed by atoms with Crippen LogP contribution < -0.4 is 16.2 Å². The van der Waals surface area contributed by atoms with Gasteiger partial charge in [0.2, 0.25) is 5.91 Å². The van der Waals surface area contributed by atoms with Gasteiger partial charge in [0.25, 0.3) is 11.5 Å². The van der Waals surface area contributed by atoms with Crippen molar-refractivity contribution in [3.05, 3.63) is 94.3 Å². The molecule has 1 aromatic heterocycles. The molecule has 3 aromatic carbocycles. The molecule has 1 aliphatic rings. The standard InChI is InChI=1S/C32H34N4O5/c1-21(30(39)34-24-16-12-22(13-17-24)14-19-29(37)38)33-31(40)23-15-18-28-27(20-23)32(41)36(26-10-6-3-7-11-26)35(28)25-8-4-2-5-9-25/h3,6-7,10-13,15-18,20-21,25H,2,4-5,8-9,14,19H2,1H3,(H,33,40)(H,34,39)(H,37,38)/t21-/m0/s1. The Morgan fingerprint density at radius 2 is 1.66 bits per heavy atom. The summed E-state index contributed by atoms with van der Waals surface area (Å²) in [6, 6.07) is 21.0. The van der Waals surface area contributed by atoms with Crippen molar-refractivity contribution in [2.75, 3.05) is 5.32 Å². The number of nitrogens with zero attached hydrogens (tertiary/aromatic N) is 2. The molecule has 2 amide bonds. The summed E-state index contributed by atoms with van der Waals surface area (Å²) in [6.07, 6.45) is 5.85. The summed E-state index contributed by atoms with van der Waals surface area (Å²) in [6.45, 7) is 1.59. The number of benzene rings is 3. The maximum Gasteiger partial charge on any atom is 0.303 e. The molecule has 0 radical (unpaired) electrons. The molecule has 5 rings (SSSR count). The molecular formula is C32H34N4O5. The number of aryl methyl sites for hydroxylation is 1. The molecule has 0 bridgehead atoms. The Hall–Kier alpha value is -4.66. The maximum atomic E-state index is 13.7. The van der Waals surface area contributed by atoms with Crippen LogP contribution in [0.25, 0.3) is 16.6 Å². The molecule has 1 heterocycles. The molecule has 1 atom stereocenters. The lowest BCUT2D eigenvalue weighted by Crippen LogP contribution is -2.41. The number of carboxylic acid groups (broad SMARTS) is 1. The molecule has 0 saturated heterocycles. The van der Waals surface area contributed by atoms with Gasteiger partial charge in [0, 0.05) is 17.7 Å². The minimum absolute atomic E-state index is 0.0337. The van der Waals surface area contributed by atoms with Crippen molar-refractivity contribution < 1.29 is 19.5 Å². The van der Waals surface area contributed by atoms with Gasteiger partial charge in [-0.25, -0.2) is 4.68 Å². The van der Waals surface area contributed by atoms with Crippen molar-refractivity contribution in [3.8, 4) is 5.69 Å². The van der Waals surface area contributed by atoms with Gasteiger partial charge >= 0.3 is 5.97 Å². The van der Waals surface area contributed by atoms with Gasteiger partial charge in [-0.1, -0.05) is 49.6 Å². The molecule has 41 heavy (non-hydrogen) atoms. The fraction of sp³-hybridized carbons (Fsp3) is 0.312. The lowest BCUT2D eigenvalue weighted by molar-refractivity contribution is -0.137. The number of aromatic nitrogens is 2. The molecule has 4 aromatic rings. The summed E-state index contributed by atoms with van der Waals surface area (Å²) in [5, 5.41) is 14.8. The first kappa shape index (κ1) is 27.9. The third-order valence-electron chi connectivity index (χ3n) is 7.66. The van der Waals surface area contributed by atoms with Crippen LogP contribution in [-0.4, -0.2) is 38.3 Å². The Morgan fingerprint density at radius 3 is 2.34 bits per heavy atom. The first-order valence-corrected chi connectivity index (χ1v) is 14.1. The number of hydrogen-bond donors (Lipinski definition) is 3. The lowest BCUT2D eigenvalue weighted by atomic mass is 9.95. The largest absolute Gasteiger partial charge is 0.481 e. The Kier molecular flexibility index (Phi) is 8.33. The third kappa shape index (κ3) is 6.24. The second-order valence-electron chi connectivity index (χ2n) is 10.6. The minimum Gasteiger partial charge on any atom is -0.481 e. The Labute approximate surface area is 237 Å². The number of anilines is 1. The van der Waals surface area contributed by atoms with Crippen molar-refractivity contribution in [3.63, 3.8) is 0 Å². The molecule has 9 nitrogen and oxygen atoms in total. The van der Waals surface area contributed by atoms with Gasteiger partial charge in [-0.2, -0.15) is 0 Å². The van der Waals surface area contributed by atoms with Crippen molar-refractivity contribution in [1.29, 1.82) is 0 Å². The maximum absolute atomic E-state index is 13.7. The van der Waals surface area contributed by atoms with Crippen LogP contribution in [0.4, 0.5) is 5.69 Å². The highest BCUT2D eigenvalue weighted by molar-refractivity contribution is 6.02. The van der Waals surface area contributed by atoms with Gasteiger partial charge in [0.15, 0.2) is 0 Å². The molecule has 0 unspecified atom stereocenters. The van der Waals surface area contributed by atoms with E-state index in [1.807, 2.05) is 36.4 Å². The number of rotatable bonds is 9. The molecule has 0 aliphatic heterocycles. The number of hydrogen-bond acceptors (Lipinski definition) is 4. The average Bonchev–Trinajstić information content (AvgIpc) is 3.29. The van der Waals surface area contributed by atoms with Crippen molar-refractivity contribution in [2.24, 2.45) is 0 Å². The van der Waals surface area contributed by atoms with Crippen LogP contribution in [0, 0.1) is 0 Å². The molecule has 212 valence electrons. The topological polar surface area (TPSA) is 122 Å². The third-order valence-corrected chi connectivity index (χ3v) is 7.66. The number of para-hydroxylation sites is 1. The number of carboxylic acids is 1. The lowest BCUT2D eigenvalue weighted by Gasteiger charge is -2.26. The zero-order valence-electron chi connectivity index (χ0n) is 23.0. The van der Waals surface area contributed by atoms with Crippen molar-refractivity contribution in [1.82, 2.24) is 14.7 Å². The first-order chi connectivity index (χ1) is 19.8. The van der Waals surface area contributed by atoms with Crippen LogP contribution in [0.2, 0.25) is 0 Å². The Balaban J connectivity index is 1.34. The van der Waals surface area contributed by atoms with Crippen LogP contribution in [0.5, 0.6) is 0 Å². The van der Waals surface area contributed by atoms with E-state index < -0.39 is 23.8 Å². The van der Waals surface area contributed by atoms with Gasteiger partial charge in [0.05, 0.1) is 22.6 Å². The monoisotopic (exact) mass is 554 g/mol. The summed E-state index contributed by atoms with van der Waals surface area (Å²) >= 11 is 0. The zero-order valence-corrected chi connectivity index (χ0v) is 23.0. The number of carbonyl (C=O) groups is 3. The van der Waals surface area contributed by atoms with Gasteiger partial charge < -0.3 is 15.7 Å². The number of aliphatic carboxylic acids is 1. The van der Waals surface area contributed by atoms with Gasteiger partial charge in [-0.3, -0.25) is 23.9 Å². The molecule has 9 heteroatoms. The predicted molar refractivity (Wildman–Crippen MR) is 158 cm³/mol. The molecule has 1 aliphatic carbocycles. The first-order valence-electron chi connectivity index (χ1n) is 14.1. The van der Waals surface area contributed by atoms with E-state index in [0.717, 1.165) is 42.5 Å².